The molecule has 0 spiro atoms. The van der Waals surface area contributed by atoms with E-state index in [-0.39, 0.29) is 0 Å². The van der Waals surface area contributed by atoms with Crippen molar-refractivity contribution in [2.45, 2.75) is 19.3 Å². The number of ether oxygens (including phenoxy) is 1. The number of aryl methyl sites for hydroxylation is 2. The Kier molecular flexibility index (Phi) is 3.80. The molecule has 1 N–H and O–H groups in total. The molecule has 4 nitrogen and oxygen atoms in total. The van der Waals surface area contributed by atoms with Crippen LogP contribution in [0, 0.1) is 11.3 Å². The average Bonchev–Trinajstić information content (AvgIpc) is 2.93. The Balaban J connectivity index is 1.95. The van der Waals surface area contributed by atoms with Gasteiger partial charge in [-0.2, -0.15) is 5.26 Å². The Hall–Kier alpha value is -2.06. The average molecular weight is 344 g/mol. The molecule has 0 fully saturated rings. The first kappa shape index (κ1) is 13.9. The van der Waals surface area contributed by atoms with Crippen LogP contribution in [0.3, 0.4) is 0 Å². The number of hydrogen-bond donors (Lipinski definition) is 1. The molecule has 3 rings (SSSR count). The molecule has 1 aliphatic carbocycles. The second kappa shape index (κ2) is 5.74. The molecule has 0 saturated carbocycles. The first-order valence-electron chi connectivity index (χ1n) is 6.74. The van der Waals surface area contributed by atoms with Crippen LogP contribution in [0.1, 0.15) is 23.2 Å². The zero-order chi connectivity index (χ0) is 14.8. The van der Waals surface area contributed by atoms with Gasteiger partial charge in [0.15, 0.2) is 0 Å². The van der Waals surface area contributed by atoms with Crippen LogP contribution in [-0.4, -0.2) is 12.1 Å². The third-order valence-corrected chi connectivity index (χ3v) is 4.21. The van der Waals surface area contributed by atoms with E-state index in [9.17, 15) is 5.26 Å². The van der Waals surface area contributed by atoms with Gasteiger partial charge in [0.05, 0.1) is 17.1 Å². The third-order valence-electron chi connectivity index (χ3n) is 3.59. The highest BCUT2D eigenvalue weighted by Crippen LogP contribution is 2.31. The second-order valence-corrected chi connectivity index (χ2v) is 5.78. The van der Waals surface area contributed by atoms with E-state index in [0.717, 1.165) is 40.9 Å². The minimum Gasteiger partial charge on any atom is -0.496 e. The predicted molar refractivity (Wildman–Crippen MR) is 85.0 cm³/mol. The molecular weight excluding hydrogens is 330 g/mol. The number of pyridine rings is 1. The van der Waals surface area contributed by atoms with Crippen molar-refractivity contribution in [1.82, 2.24) is 4.98 Å². The summed E-state index contributed by atoms with van der Waals surface area (Å²) < 4.78 is 6.07. The highest BCUT2D eigenvalue weighted by atomic mass is 79.9. The first-order valence-corrected chi connectivity index (χ1v) is 7.54. The van der Waals surface area contributed by atoms with Crippen molar-refractivity contribution in [2.75, 3.05) is 12.4 Å². The highest BCUT2D eigenvalue weighted by molar-refractivity contribution is 9.10. The molecule has 1 aromatic heterocycles. The molecule has 1 aromatic carbocycles. The Morgan fingerprint density at radius 1 is 1.33 bits per heavy atom. The summed E-state index contributed by atoms with van der Waals surface area (Å²) in [6.07, 6.45) is 3.12. The molecule has 21 heavy (non-hydrogen) atoms. The minimum absolute atomic E-state index is 0.586. The van der Waals surface area contributed by atoms with Gasteiger partial charge in [0.2, 0.25) is 0 Å². The summed E-state index contributed by atoms with van der Waals surface area (Å²) >= 11 is 3.46. The fourth-order valence-electron chi connectivity index (χ4n) is 2.53. The lowest BCUT2D eigenvalue weighted by Gasteiger charge is -2.11. The second-order valence-electron chi connectivity index (χ2n) is 4.93. The van der Waals surface area contributed by atoms with Gasteiger partial charge in [-0.15, -0.1) is 0 Å². The number of rotatable bonds is 3. The van der Waals surface area contributed by atoms with Gasteiger partial charge in [-0.3, -0.25) is 0 Å². The van der Waals surface area contributed by atoms with Crippen LogP contribution < -0.4 is 10.1 Å². The lowest BCUT2D eigenvalue weighted by Crippen LogP contribution is -2.01. The molecule has 2 aromatic rings. The highest BCUT2D eigenvalue weighted by Gasteiger charge is 2.16. The van der Waals surface area contributed by atoms with E-state index in [0.29, 0.717) is 11.4 Å². The maximum atomic E-state index is 9.31. The quantitative estimate of drug-likeness (QED) is 0.916. The summed E-state index contributed by atoms with van der Waals surface area (Å²) in [6.45, 7) is 0. The summed E-state index contributed by atoms with van der Waals surface area (Å²) in [5.41, 5.74) is 3.75. The van der Waals surface area contributed by atoms with Gasteiger partial charge in [0.25, 0.3) is 0 Å². The van der Waals surface area contributed by atoms with Crippen molar-refractivity contribution in [3.8, 4) is 11.8 Å². The van der Waals surface area contributed by atoms with Gasteiger partial charge in [-0.1, -0.05) is 0 Å². The summed E-state index contributed by atoms with van der Waals surface area (Å²) in [4.78, 5) is 4.61. The summed E-state index contributed by atoms with van der Waals surface area (Å²) in [5, 5.41) is 12.5. The lowest BCUT2D eigenvalue weighted by molar-refractivity contribution is 0.412. The van der Waals surface area contributed by atoms with Crippen molar-refractivity contribution in [3.05, 3.63) is 45.6 Å². The number of nitrogens with zero attached hydrogens (tertiary/aromatic N) is 2. The summed E-state index contributed by atoms with van der Waals surface area (Å²) in [7, 11) is 1.63. The summed E-state index contributed by atoms with van der Waals surface area (Å²) in [6, 6.07) is 9.86. The van der Waals surface area contributed by atoms with Crippen LogP contribution >= 0.6 is 15.9 Å². The van der Waals surface area contributed by atoms with Gasteiger partial charge >= 0.3 is 0 Å². The number of fused-ring (bicyclic) bond motifs is 1. The van der Waals surface area contributed by atoms with Gasteiger partial charge in [0, 0.05) is 11.4 Å². The molecule has 1 aliphatic rings. The van der Waals surface area contributed by atoms with E-state index in [1.165, 1.54) is 5.56 Å². The number of halogens is 1. The predicted octanol–water partition coefficient (Wildman–Crippen LogP) is 3.96. The van der Waals surface area contributed by atoms with Crippen molar-refractivity contribution < 1.29 is 4.74 Å². The van der Waals surface area contributed by atoms with Crippen LogP contribution in [0.25, 0.3) is 0 Å². The Labute approximate surface area is 131 Å². The minimum atomic E-state index is 0.586. The number of methoxy groups -OCH3 is 1. The fraction of sp³-hybridized carbons (Fsp3) is 0.250. The molecule has 5 heteroatoms. The number of hydrogen-bond acceptors (Lipinski definition) is 4. The number of aromatic nitrogens is 1. The number of nitriles is 1. The molecule has 0 radical (unpaired) electrons. The molecule has 0 bridgehead atoms. The maximum Gasteiger partial charge on any atom is 0.148 e. The molecule has 106 valence electrons. The molecule has 1 heterocycles. The Morgan fingerprint density at radius 2 is 2.19 bits per heavy atom. The van der Waals surface area contributed by atoms with E-state index < -0.39 is 0 Å². The topological polar surface area (TPSA) is 57.9 Å². The van der Waals surface area contributed by atoms with Crippen LogP contribution in [0.15, 0.2) is 28.7 Å². The van der Waals surface area contributed by atoms with Gasteiger partial charge in [-0.25, -0.2) is 4.98 Å². The molecule has 0 saturated heterocycles. The SMILES string of the molecule is COc1ccc(Nc2nc3c(cc2C#N)CCC3)cc1Br. The van der Waals surface area contributed by atoms with Crippen LogP contribution in [0.2, 0.25) is 0 Å². The number of nitrogens with one attached hydrogen (secondary N) is 1. The molecule has 0 amide bonds. The van der Waals surface area contributed by atoms with Crippen molar-refractivity contribution in [2.24, 2.45) is 0 Å². The Bertz CT molecular complexity index is 737. The van der Waals surface area contributed by atoms with E-state index in [2.05, 4.69) is 32.3 Å². The standard InChI is InChI=1S/C16H14BrN3O/c1-21-15-6-5-12(8-13(15)17)19-16-11(9-18)7-10-3-2-4-14(10)20-16/h5-8H,2-4H2,1H3,(H,19,20). The number of benzene rings is 1. The van der Waals surface area contributed by atoms with E-state index in [1.807, 2.05) is 24.3 Å². The molecular formula is C16H14BrN3O. The maximum absolute atomic E-state index is 9.31. The van der Waals surface area contributed by atoms with Gasteiger partial charge < -0.3 is 10.1 Å². The molecule has 0 atom stereocenters. The van der Waals surface area contributed by atoms with Crippen molar-refractivity contribution in [3.63, 3.8) is 0 Å². The normalized spacial score (nSPS) is 12.6. The Morgan fingerprint density at radius 3 is 2.90 bits per heavy atom. The van der Waals surface area contributed by atoms with E-state index >= 15 is 0 Å². The summed E-state index contributed by atoms with van der Waals surface area (Å²) in [5.74, 6) is 1.39. The van der Waals surface area contributed by atoms with Gasteiger partial charge in [-0.05, 0) is 65.0 Å². The third kappa shape index (κ3) is 2.72. The fourth-order valence-corrected chi connectivity index (χ4v) is 3.07. The van der Waals surface area contributed by atoms with Crippen LogP contribution in [0.5, 0.6) is 5.75 Å². The first-order chi connectivity index (χ1) is 10.2. The van der Waals surface area contributed by atoms with Crippen molar-refractivity contribution in [1.29, 1.82) is 5.26 Å². The largest absolute Gasteiger partial charge is 0.496 e. The van der Waals surface area contributed by atoms with Gasteiger partial charge in [0.1, 0.15) is 17.6 Å². The monoisotopic (exact) mass is 343 g/mol. The molecule has 0 unspecified atom stereocenters. The van der Waals surface area contributed by atoms with E-state index in [1.54, 1.807) is 7.11 Å². The smallest absolute Gasteiger partial charge is 0.148 e. The van der Waals surface area contributed by atoms with Crippen LogP contribution in [0.4, 0.5) is 11.5 Å². The zero-order valence-electron chi connectivity index (χ0n) is 11.6. The van der Waals surface area contributed by atoms with E-state index in [4.69, 9.17) is 4.74 Å². The lowest BCUT2D eigenvalue weighted by atomic mass is 10.1. The number of anilines is 2. The molecule has 0 aliphatic heterocycles. The van der Waals surface area contributed by atoms with Crippen LogP contribution in [-0.2, 0) is 12.8 Å². The van der Waals surface area contributed by atoms with Crippen molar-refractivity contribution >= 4 is 27.4 Å². The zero-order valence-corrected chi connectivity index (χ0v) is 13.2.